The average Bonchev–Trinajstić information content (AvgIpc) is 2.69. The Balaban J connectivity index is 2.06. The van der Waals surface area contributed by atoms with Gasteiger partial charge in [0.2, 0.25) is 11.8 Å². The van der Waals surface area contributed by atoms with Crippen molar-refractivity contribution in [2.75, 3.05) is 11.4 Å². The summed E-state index contributed by atoms with van der Waals surface area (Å²) in [6, 6.07) is 5.69. The summed E-state index contributed by atoms with van der Waals surface area (Å²) in [7, 11) is 0. The molecule has 0 spiro atoms. The quantitative estimate of drug-likeness (QED) is 0.900. The van der Waals surface area contributed by atoms with E-state index in [2.05, 4.69) is 5.32 Å². The number of nitrogens with zero attached hydrogens (tertiary/aromatic N) is 1. The van der Waals surface area contributed by atoms with E-state index in [9.17, 15) is 14.0 Å². The van der Waals surface area contributed by atoms with Crippen LogP contribution in [0.5, 0.6) is 0 Å². The van der Waals surface area contributed by atoms with Crippen LogP contribution in [-0.4, -0.2) is 24.4 Å². The summed E-state index contributed by atoms with van der Waals surface area (Å²) in [6.07, 6.45) is 0.248. The van der Waals surface area contributed by atoms with E-state index in [-0.39, 0.29) is 30.1 Å². The zero-order chi connectivity index (χ0) is 14.9. The van der Waals surface area contributed by atoms with E-state index in [1.165, 1.54) is 17.0 Å². The Labute approximate surface area is 118 Å². The highest BCUT2D eigenvalue weighted by atomic mass is 19.1. The molecule has 0 radical (unpaired) electrons. The normalized spacial score (nSPS) is 19.3. The van der Waals surface area contributed by atoms with Crippen molar-refractivity contribution in [1.29, 1.82) is 0 Å². The van der Waals surface area contributed by atoms with E-state index in [4.69, 9.17) is 0 Å². The zero-order valence-corrected chi connectivity index (χ0v) is 11.9. The molecule has 5 heteroatoms. The number of halogens is 1. The third-order valence-electron chi connectivity index (χ3n) is 3.26. The van der Waals surface area contributed by atoms with E-state index in [0.29, 0.717) is 12.2 Å². The zero-order valence-electron chi connectivity index (χ0n) is 11.9. The van der Waals surface area contributed by atoms with Crippen LogP contribution in [0, 0.1) is 11.2 Å². The van der Waals surface area contributed by atoms with Gasteiger partial charge in [-0.05, 0) is 18.2 Å². The molecule has 0 saturated carbocycles. The highest BCUT2D eigenvalue weighted by molar-refractivity contribution is 5.97. The van der Waals surface area contributed by atoms with Crippen molar-refractivity contribution < 1.29 is 14.0 Å². The van der Waals surface area contributed by atoms with Crippen LogP contribution in [-0.2, 0) is 9.59 Å². The van der Waals surface area contributed by atoms with Crippen LogP contribution in [0.15, 0.2) is 24.3 Å². The molecule has 0 aliphatic carbocycles. The Morgan fingerprint density at radius 1 is 1.40 bits per heavy atom. The standard InChI is InChI=1S/C15H19FN2O2/c1-15(2,3)14(20)17-11-8-13(19)18(9-11)12-6-4-5-10(16)7-12/h4-7,11H,8-9H2,1-3H3,(H,17,20). The van der Waals surface area contributed by atoms with Crippen LogP contribution < -0.4 is 10.2 Å². The average molecular weight is 278 g/mol. The van der Waals surface area contributed by atoms with Crippen molar-refractivity contribution >= 4 is 17.5 Å². The van der Waals surface area contributed by atoms with Crippen molar-refractivity contribution in [2.24, 2.45) is 5.41 Å². The molecule has 2 amide bonds. The summed E-state index contributed by atoms with van der Waals surface area (Å²) in [5.74, 6) is -0.566. The number of benzene rings is 1. The summed E-state index contributed by atoms with van der Waals surface area (Å²) in [5.41, 5.74) is 0.0393. The largest absolute Gasteiger partial charge is 0.351 e. The first-order valence-electron chi connectivity index (χ1n) is 6.64. The third kappa shape index (κ3) is 3.15. The fourth-order valence-electron chi connectivity index (χ4n) is 2.10. The molecule has 1 fully saturated rings. The highest BCUT2D eigenvalue weighted by Gasteiger charge is 2.33. The molecule has 1 heterocycles. The Kier molecular flexibility index (Phi) is 3.79. The van der Waals surface area contributed by atoms with Crippen molar-refractivity contribution in [3.8, 4) is 0 Å². The molecule has 2 rings (SSSR count). The van der Waals surface area contributed by atoms with E-state index >= 15 is 0 Å². The molecule has 20 heavy (non-hydrogen) atoms. The first kappa shape index (κ1) is 14.5. The SMILES string of the molecule is CC(C)(C)C(=O)NC1CC(=O)N(c2cccc(F)c2)C1. The highest BCUT2D eigenvalue weighted by Crippen LogP contribution is 2.23. The van der Waals surface area contributed by atoms with E-state index in [1.54, 1.807) is 12.1 Å². The van der Waals surface area contributed by atoms with E-state index < -0.39 is 5.41 Å². The number of hydrogen-bond acceptors (Lipinski definition) is 2. The van der Waals surface area contributed by atoms with Crippen LogP contribution in [0.1, 0.15) is 27.2 Å². The van der Waals surface area contributed by atoms with Crippen LogP contribution in [0.25, 0.3) is 0 Å². The summed E-state index contributed by atoms with van der Waals surface area (Å²) >= 11 is 0. The van der Waals surface area contributed by atoms with Gasteiger partial charge in [-0.1, -0.05) is 26.8 Å². The molecule has 1 unspecified atom stereocenters. The number of carbonyl (C=O) groups excluding carboxylic acids is 2. The second-order valence-corrected chi connectivity index (χ2v) is 6.11. The monoisotopic (exact) mass is 278 g/mol. The van der Waals surface area contributed by atoms with Gasteiger partial charge in [0.15, 0.2) is 0 Å². The molecule has 1 aliphatic rings. The van der Waals surface area contributed by atoms with Gasteiger partial charge >= 0.3 is 0 Å². The molecule has 1 aromatic carbocycles. The molecular weight excluding hydrogens is 259 g/mol. The lowest BCUT2D eigenvalue weighted by Gasteiger charge is -2.21. The van der Waals surface area contributed by atoms with Crippen molar-refractivity contribution in [3.63, 3.8) is 0 Å². The summed E-state index contributed by atoms with van der Waals surface area (Å²) in [5, 5.41) is 2.87. The van der Waals surface area contributed by atoms with Gasteiger partial charge in [-0.2, -0.15) is 0 Å². The smallest absolute Gasteiger partial charge is 0.229 e. The van der Waals surface area contributed by atoms with Crippen molar-refractivity contribution in [2.45, 2.75) is 33.2 Å². The molecule has 1 atom stereocenters. The molecular formula is C15H19FN2O2. The number of nitrogens with one attached hydrogen (secondary N) is 1. The van der Waals surface area contributed by atoms with Gasteiger partial charge in [-0.25, -0.2) is 4.39 Å². The minimum absolute atomic E-state index is 0.0867. The minimum Gasteiger partial charge on any atom is -0.351 e. The second-order valence-electron chi connectivity index (χ2n) is 6.11. The molecule has 0 aromatic heterocycles. The lowest BCUT2D eigenvalue weighted by Crippen LogP contribution is -2.43. The first-order valence-corrected chi connectivity index (χ1v) is 6.64. The molecule has 1 aromatic rings. The van der Waals surface area contributed by atoms with Gasteiger partial charge in [0, 0.05) is 24.1 Å². The fraction of sp³-hybridized carbons (Fsp3) is 0.467. The van der Waals surface area contributed by atoms with Gasteiger partial charge in [0.25, 0.3) is 0 Å². The van der Waals surface area contributed by atoms with E-state index in [1.807, 2.05) is 20.8 Å². The Hall–Kier alpha value is -1.91. The molecule has 1 saturated heterocycles. The van der Waals surface area contributed by atoms with Crippen LogP contribution in [0.2, 0.25) is 0 Å². The molecule has 1 aliphatic heterocycles. The first-order chi connectivity index (χ1) is 9.27. The molecule has 1 N–H and O–H groups in total. The van der Waals surface area contributed by atoms with Gasteiger partial charge in [0.1, 0.15) is 5.82 Å². The van der Waals surface area contributed by atoms with Gasteiger partial charge in [-0.3, -0.25) is 9.59 Å². The maximum Gasteiger partial charge on any atom is 0.229 e. The maximum atomic E-state index is 13.2. The fourth-order valence-corrected chi connectivity index (χ4v) is 2.10. The third-order valence-corrected chi connectivity index (χ3v) is 3.26. The lowest BCUT2D eigenvalue weighted by atomic mass is 9.95. The lowest BCUT2D eigenvalue weighted by molar-refractivity contribution is -0.129. The summed E-state index contributed by atoms with van der Waals surface area (Å²) in [4.78, 5) is 25.4. The number of anilines is 1. The number of hydrogen-bond donors (Lipinski definition) is 1. The summed E-state index contributed by atoms with van der Waals surface area (Å²) < 4.78 is 13.2. The number of carbonyl (C=O) groups is 2. The number of amides is 2. The van der Waals surface area contributed by atoms with Crippen molar-refractivity contribution in [3.05, 3.63) is 30.1 Å². The summed E-state index contributed by atoms with van der Waals surface area (Å²) in [6.45, 7) is 5.85. The predicted octanol–water partition coefficient (Wildman–Crippen LogP) is 2.09. The van der Waals surface area contributed by atoms with Crippen molar-refractivity contribution in [1.82, 2.24) is 5.32 Å². The maximum absolute atomic E-state index is 13.2. The predicted molar refractivity (Wildman–Crippen MR) is 74.8 cm³/mol. The van der Waals surface area contributed by atoms with E-state index in [0.717, 1.165) is 0 Å². The number of rotatable bonds is 2. The topological polar surface area (TPSA) is 49.4 Å². The van der Waals surface area contributed by atoms with Gasteiger partial charge < -0.3 is 10.2 Å². The molecule has 0 bridgehead atoms. The van der Waals surface area contributed by atoms with Gasteiger partial charge in [0.05, 0.1) is 6.04 Å². The molecule has 108 valence electrons. The van der Waals surface area contributed by atoms with Gasteiger partial charge in [-0.15, -0.1) is 0 Å². The van der Waals surface area contributed by atoms with Crippen LogP contribution in [0.4, 0.5) is 10.1 Å². The van der Waals surface area contributed by atoms with Crippen LogP contribution in [0.3, 0.4) is 0 Å². The second kappa shape index (κ2) is 5.23. The Bertz CT molecular complexity index is 537. The van der Waals surface area contributed by atoms with Crippen LogP contribution >= 0.6 is 0 Å². The Morgan fingerprint density at radius 3 is 2.70 bits per heavy atom. The minimum atomic E-state index is -0.491. The molecule has 4 nitrogen and oxygen atoms in total. The Morgan fingerprint density at radius 2 is 2.10 bits per heavy atom.